The number of allylic oxidation sites excluding steroid dienone is 2. The highest BCUT2D eigenvalue weighted by Crippen LogP contribution is 2.47. The molecule has 0 bridgehead atoms. The third-order valence-corrected chi connectivity index (χ3v) is 5.89. The van der Waals surface area contributed by atoms with Gasteiger partial charge in [0, 0.05) is 46.8 Å². The van der Waals surface area contributed by atoms with Gasteiger partial charge in [-0.3, -0.25) is 19.3 Å². The SMILES string of the molecule is COc1cccc(C2CC(=O)N(c3ccc(C(N)=O)cc3)C3=C2C(=O)CCC3)c1OC. The van der Waals surface area contributed by atoms with E-state index < -0.39 is 11.8 Å². The molecule has 1 aliphatic heterocycles. The first-order valence-corrected chi connectivity index (χ1v) is 10.2. The summed E-state index contributed by atoms with van der Waals surface area (Å²) < 4.78 is 11.0. The molecular formula is C24H24N2O5. The average molecular weight is 420 g/mol. The highest BCUT2D eigenvalue weighted by atomic mass is 16.5. The number of nitrogens with zero attached hydrogens (tertiary/aromatic N) is 1. The molecule has 0 radical (unpaired) electrons. The molecular weight excluding hydrogens is 396 g/mol. The van der Waals surface area contributed by atoms with Crippen molar-refractivity contribution < 1.29 is 23.9 Å². The van der Waals surface area contributed by atoms with Gasteiger partial charge in [0.25, 0.3) is 0 Å². The van der Waals surface area contributed by atoms with Crippen molar-refractivity contribution in [3.8, 4) is 11.5 Å². The van der Waals surface area contributed by atoms with Crippen molar-refractivity contribution in [2.24, 2.45) is 5.73 Å². The number of amides is 2. The second-order valence-electron chi connectivity index (χ2n) is 7.62. The standard InChI is InChI=1S/C24H24N2O5/c1-30-20-8-3-5-16(23(20)31-2)17-13-21(28)26(18-6-4-7-19(27)22(17)18)15-11-9-14(10-12-15)24(25)29/h3,5,8-12,17H,4,6-7,13H2,1-2H3,(H2,25,29). The normalized spacial score (nSPS) is 18.6. The lowest BCUT2D eigenvalue weighted by molar-refractivity contribution is -0.119. The summed E-state index contributed by atoms with van der Waals surface area (Å²) in [5, 5.41) is 0. The van der Waals surface area contributed by atoms with Gasteiger partial charge in [-0.15, -0.1) is 0 Å². The van der Waals surface area contributed by atoms with Gasteiger partial charge in [0.2, 0.25) is 11.8 Å². The van der Waals surface area contributed by atoms with E-state index >= 15 is 0 Å². The second kappa shape index (κ2) is 8.26. The molecule has 2 aromatic rings. The molecule has 160 valence electrons. The van der Waals surface area contributed by atoms with Crippen LogP contribution < -0.4 is 20.1 Å². The number of para-hydroxylation sites is 1. The van der Waals surface area contributed by atoms with E-state index in [1.54, 1.807) is 49.5 Å². The Kier molecular flexibility index (Phi) is 5.50. The van der Waals surface area contributed by atoms with Crippen LogP contribution in [0.4, 0.5) is 5.69 Å². The van der Waals surface area contributed by atoms with Gasteiger partial charge in [0.1, 0.15) is 0 Å². The summed E-state index contributed by atoms with van der Waals surface area (Å²) in [6.45, 7) is 0. The molecule has 31 heavy (non-hydrogen) atoms. The second-order valence-corrected chi connectivity index (χ2v) is 7.62. The Morgan fingerprint density at radius 3 is 2.42 bits per heavy atom. The summed E-state index contributed by atoms with van der Waals surface area (Å²) >= 11 is 0. The third kappa shape index (κ3) is 3.56. The van der Waals surface area contributed by atoms with Gasteiger partial charge in [-0.05, 0) is 43.2 Å². The van der Waals surface area contributed by atoms with Gasteiger partial charge in [0.15, 0.2) is 17.3 Å². The smallest absolute Gasteiger partial charge is 0.248 e. The first-order valence-electron chi connectivity index (χ1n) is 10.2. The fourth-order valence-corrected chi connectivity index (χ4v) is 4.52. The molecule has 1 aliphatic carbocycles. The number of hydrogen-bond acceptors (Lipinski definition) is 5. The van der Waals surface area contributed by atoms with Crippen LogP contribution >= 0.6 is 0 Å². The number of carbonyl (C=O) groups is 3. The average Bonchev–Trinajstić information content (AvgIpc) is 2.78. The molecule has 2 amide bonds. The molecule has 1 unspecified atom stereocenters. The predicted octanol–water partition coefficient (Wildman–Crippen LogP) is 3.33. The third-order valence-electron chi connectivity index (χ3n) is 5.89. The lowest BCUT2D eigenvalue weighted by Gasteiger charge is -2.38. The number of hydrogen-bond donors (Lipinski definition) is 1. The van der Waals surface area contributed by atoms with Gasteiger partial charge in [0.05, 0.1) is 14.2 Å². The van der Waals surface area contributed by atoms with Crippen LogP contribution in [0.25, 0.3) is 0 Å². The van der Waals surface area contributed by atoms with E-state index in [0.29, 0.717) is 53.3 Å². The first kappa shape index (κ1) is 20.7. The van der Waals surface area contributed by atoms with E-state index in [9.17, 15) is 14.4 Å². The van der Waals surface area contributed by atoms with Crippen molar-refractivity contribution in [1.82, 2.24) is 0 Å². The van der Waals surface area contributed by atoms with E-state index in [0.717, 1.165) is 5.56 Å². The monoisotopic (exact) mass is 420 g/mol. The predicted molar refractivity (Wildman–Crippen MR) is 115 cm³/mol. The van der Waals surface area contributed by atoms with E-state index in [1.165, 1.54) is 0 Å². The summed E-state index contributed by atoms with van der Waals surface area (Å²) in [4.78, 5) is 39.4. The van der Waals surface area contributed by atoms with E-state index in [-0.39, 0.29) is 18.1 Å². The molecule has 2 aromatic carbocycles. The van der Waals surface area contributed by atoms with Crippen LogP contribution in [0.2, 0.25) is 0 Å². The van der Waals surface area contributed by atoms with E-state index in [4.69, 9.17) is 15.2 Å². The summed E-state index contributed by atoms with van der Waals surface area (Å²) in [6, 6.07) is 12.1. The lowest BCUT2D eigenvalue weighted by atomic mass is 9.76. The number of methoxy groups -OCH3 is 2. The topological polar surface area (TPSA) is 98.9 Å². The maximum absolute atomic E-state index is 13.3. The Bertz CT molecular complexity index is 1090. The lowest BCUT2D eigenvalue weighted by Crippen LogP contribution is -2.40. The summed E-state index contributed by atoms with van der Waals surface area (Å²) in [5.41, 5.74) is 8.44. The van der Waals surface area contributed by atoms with Crippen LogP contribution in [0.15, 0.2) is 53.7 Å². The van der Waals surface area contributed by atoms with Crippen molar-refractivity contribution in [1.29, 1.82) is 0 Å². The van der Waals surface area contributed by atoms with Gasteiger partial charge in [-0.2, -0.15) is 0 Å². The minimum absolute atomic E-state index is 0.0439. The molecule has 2 aliphatic rings. The van der Waals surface area contributed by atoms with Crippen LogP contribution in [0.1, 0.15) is 47.5 Å². The zero-order valence-electron chi connectivity index (χ0n) is 17.5. The summed E-state index contributed by atoms with van der Waals surface area (Å²) in [5.74, 6) is 0.0862. The van der Waals surface area contributed by atoms with Gasteiger partial charge < -0.3 is 15.2 Å². The Morgan fingerprint density at radius 2 is 1.77 bits per heavy atom. The number of ketones is 1. The van der Waals surface area contributed by atoms with Crippen molar-refractivity contribution in [2.75, 3.05) is 19.1 Å². The summed E-state index contributed by atoms with van der Waals surface area (Å²) in [6.07, 6.45) is 1.88. The molecule has 2 N–H and O–H groups in total. The fraction of sp³-hybridized carbons (Fsp3) is 0.292. The van der Waals surface area contributed by atoms with Crippen LogP contribution in [0, 0.1) is 0 Å². The Balaban J connectivity index is 1.85. The highest BCUT2D eigenvalue weighted by molar-refractivity contribution is 6.07. The van der Waals surface area contributed by atoms with Gasteiger partial charge in [-0.25, -0.2) is 0 Å². The van der Waals surface area contributed by atoms with Crippen molar-refractivity contribution >= 4 is 23.3 Å². The molecule has 0 fully saturated rings. The van der Waals surface area contributed by atoms with Crippen LogP contribution in [-0.4, -0.2) is 31.8 Å². The van der Waals surface area contributed by atoms with Crippen LogP contribution in [0.3, 0.4) is 0 Å². The number of anilines is 1. The fourth-order valence-electron chi connectivity index (χ4n) is 4.52. The molecule has 0 aromatic heterocycles. The quantitative estimate of drug-likeness (QED) is 0.800. The molecule has 4 rings (SSSR count). The van der Waals surface area contributed by atoms with E-state index in [2.05, 4.69) is 0 Å². The van der Waals surface area contributed by atoms with Gasteiger partial charge >= 0.3 is 0 Å². The number of nitrogens with two attached hydrogens (primary N) is 1. The van der Waals surface area contributed by atoms with Crippen molar-refractivity contribution in [3.05, 3.63) is 64.9 Å². The number of ether oxygens (including phenoxy) is 2. The maximum Gasteiger partial charge on any atom is 0.248 e. The van der Waals surface area contributed by atoms with Crippen molar-refractivity contribution in [3.63, 3.8) is 0 Å². The number of benzene rings is 2. The number of Topliss-reactive ketones (excluding diaryl/α,β-unsaturated/α-hetero) is 1. The van der Waals surface area contributed by atoms with Gasteiger partial charge in [-0.1, -0.05) is 12.1 Å². The molecule has 0 saturated carbocycles. The molecule has 0 spiro atoms. The Morgan fingerprint density at radius 1 is 1.03 bits per heavy atom. The van der Waals surface area contributed by atoms with Crippen molar-refractivity contribution in [2.45, 2.75) is 31.6 Å². The number of primary amides is 1. The summed E-state index contributed by atoms with van der Waals surface area (Å²) in [7, 11) is 3.11. The van der Waals surface area contributed by atoms with E-state index in [1.807, 2.05) is 12.1 Å². The zero-order valence-corrected chi connectivity index (χ0v) is 17.5. The first-order chi connectivity index (χ1) is 15.0. The van der Waals surface area contributed by atoms with Crippen LogP contribution in [0.5, 0.6) is 11.5 Å². The minimum Gasteiger partial charge on any atom is -0.493 e. The number of carbonyl (C=O) groups excluding carboxylic acids is 3. The van der Waals surface area contributed by atoms with Crippen LogP contribution in [-0.2, 0) is 9.59 Å². The Hall–Kier alpha value is -3.61. The molecule has 1 heterocycles. The number of rotatable bonds is 5. The zero-order chi connectivity index (χ0) is 22.1. The Labute approximate surface area is 180 Å². The molecule has 7 heteroatoms. The largest absolute Gasteiger partial charge is 0.493 e. The molecule has 0 saturated heterocycles. The molecule has 1 atom stereocenters. The maximum atomic E-state index is 13.3. The minimum atomic E-state index is -0.533. The highest BCUT2D eigenvalue weighted by Gasteiger charge is 2.41. The molecule has 7 nitrogen and oxygen atoms in total.